The van der Waals surface area contributed by atoms with E-state index in [1.807, 2.05) is 31.2 Å². The summed E-state index contributed by atoms with van der Waals surface area (Å²) >= 11 is 1.57. The number of aryl methyl sites for hydroxylation is 2. The first-order valence-electron chi connectivity index (χ1n) is 7.57. The molecule has 4 heteroatoms. The van der Waals surface area contributed by atoms with Crippen LogP contribution in [-0.4, -0.2) is 5.91 Å². The molecule has 112 valence electrons. The zero-order valence-electron chi connectivity index (χ0n) is 12.6. The van der Waals surface area contributed by atoms with E-state index >= 15 is 0 Å². The second kappa shape index (κ2) is 6.33. The van der Waals surface area contributed by atoms with E-state index in [-0.39, 0.29) is 5.91 Å². The van der Waals surface area contributed by atoms with Gasteiger partial charge in [-0.2, -0.15) is 5.26 Å². The maximum Gasteiger partial charge on any atom is 0.229 e. The van der Waals surface area contributed by atoms with Crippen LogP contribution in [0.5, 0.6) is 0 Å². The molecular formula is C18H18N2OS. The maximum atomic E-state index is 12.2. The highest BCUT2D eigenvalue weighted by molar-refractivity contribution is 7.16. The molecular weight excluding hydrogens is 292 g/mol. The van der Waals surface area contributed by atoms with Crippen LogP contribution in [0.3, 0.4) is 0 Å². The SMILES string of the molecule is Cc1ccc(CC(=O)Nc2sc3c(c2C#N)CCCC3)cc1. The topological polar surface area (TPSA) is 52.9 Å². The molecule has 0 unspecified atom stereocenters. The summed E-state index contributed by atoms with van der Waals surface area (Å²) in [6, 6.07) is 10.2. The Balaban J connectivity index is 1.75. The molecule has 1 amide bonds. The third-order valence-corrected chi connectivity index (χ3v) is 5.23. The Labute approximate surface area is 134 Å². The Morgan fingerprint density at radius 2 is 2.00 bits per heavy atom. The molecule has 0 aliphatic heterocycles. The standard InChI is InChI=1S/C18H18N2OS/c1-12-6-8-13(9-7-12)10-17(21)20-18-15(11-19)14-4-2-3-5-16(14)22-18/h6-9H,2-5,10H2,1H3,(H,20,21). The number of thiophene rings is 1. The molecule has 0 fully saturated rings. The van der Waals surface area contributed by atoms with Crippen LogP contribution in [0.15, 0.2) is 24.3 Å². The van der Waals surface area contributed by atoms with Crippen molar-refractivity contribution in [3.05, 3.63) is 51.4 Å². The predicted octanol–water partition coefficient (Wildman–Crippen LogP) is 3.99. The van der Waals surface area contributed by atoms with E-state index < -0.39 is 0 Å². The number of fused-ring (bicyclic) bond motifs is 1. The van der Waals surface area contributed by atoms with E-state index in [0.29, 0.717) is 12.0 Å². The van der Waals surface area contributed by atoms with Crippen LogP contribution in [0.2, 0.25) is 0 Å². The van der Waals surface area contributed by atoms with Crippen molar-refractivity contribution in [1.29, 1.82) is 5.26 Å². The highest BCUT2D eigenvalue weighted by atomic mass is 32.1. The normalized spacial score (nSPS) is 13.3. The molecule has 1 N–H and O–H groups in total. The second-order valence-corrected chi connectivity index (χ2v) is 6.84. The Morgan fingerprint density at radius 1 is 1.27 bits per heavy atom. The molecule has 3 rings (SSSR count). The van der Waals surface area contributed by atoms with Crippen molar-refractivity contribution in [2.24, 2.45) is 0 Å². The average Bonchev–Trinajstić information content (AvgIpc) is 2.86. The molecule has 22 heavy (non-hydrogen) atoms. The Bertz CT molecular complexity index is 738. The number of benzene rings is 1. The van der Waals surface area contributed by atoms with E-state index in [2.05, 4.69) is 11.4 Å². The second-order valence-electron chi connectivity index (χ2n) is 5.74. The van der Waals surface area contributed by atoms with Crippen molar-refractivity contribution in [2.75, 3.05) is 5.32 Å². The lowest BCUT2D eigenvalue weighted by Crippen LogP contribution is -2.14. The van der Waals surface area contributed by atoms with Crippen molar-refractivity contribution < 1.29 is 4.79 Å². The van der Waals surface area contributed by atoms with Crippen LogP contribution in [0.4, 0.5) is 5.00 Å². The predicted molar refractivity (Wildman–Crippen MR) is 89.2 cm³/mol. The number of hydrogen-bond donors (Lipinski definition) is 1. The van der Waals surface area contributed by atoms with Gasteiger partial charge in [0.05, 0.1) is 12.0 Å². The van der Waals surface area contributed by atoms with Gasteiger partial charge in [-0.3, -0.25) is 4.79 Å². The summed E-state index contributed by atoms with van der Waals surface area (Å²) in [4.78, 5) is 13.5. The highest BCUT2D eigenvalue weighted by Crippen LogP contribution is 2.37. The monoisotopic (exact) mass is 310 g/mol. The molecule has 1 aliphatic carbocycles. The summed E-state index contributed by atoms with van der Waals surface area (Å²) in [7, 11) is 0. The van der Waals surface area contributed by atoms with Crippen molar-refractivity contribution in [3.8, 4) is 6.07 Å². The zero-order valence-corrected chi connectivity index (χ0v) is 13.4. The van der Waals surface area contributed by atoms with Gasteiger partial charge < -0.3 is 5.32 Å². The van der Waals surface area contributed by atoms with E-state index in [9.17, 15) is 10.1 Å². The van der Waals surface area contributed by atoms with Crippen LogP contribution in [0.1, 0.15) is 40.0 Å². The molecule has 0 saturated carbocycles. The lowest BCUT2D eigenvalue weighted by Gasteiger charge is -2.09. The fourth-order valence-corrected chi connectivity index (χ4v) is 4.09. The molecule has 0 spiro atoms. The number of hydrogen-bond acceptors (Lipinski definition) is 3. The lowest BCUT2D eigenvalue weighted by molar-refractivity contribution is -0.115. The fraction of sp³-hybridized carbons (Fsp3) is 0.333. The van der Waals surface area contributed by atoms with Crippen LogP contribution in [-0.2, 0) is 24.1 Å². The molecule has 0 saturated heterocycles. The first-order chi connectivity index (χ1) is 10.7. The quantitative estimate of drug-likeness (QED) is 0.932. The summed E-state index contributed by atoms with van der Waals surface area (Å²) in [5.41, 5.74) is 4.01. The van der Waals surface area contributed by atoms with E-state index in [4.69, 9.17) is 0 Å². The summed E-state index contributed by atoms with van der Waals surface area (Å²) in [5.74, 6) is -0.0565. The molecule has 0 radical (unpaired) electrons. The van der Waals surface area contributed by atoms with Gasteiger partial charge >= 0.3 is 0 Å². The van der Waals surface area contributed by atoms with Gasteiger partial charge in [-0.1, -0.05) is 29.8 Å². The van der Waals surface area contributed by atoms with E-state index in [1.165, 1.54) is 16.9 Å². The molecule has 1 aromatic carbocycles. The molecule has 1 aromatic heterocycles. The van der Waals surface area contributed by atoms with Gasteiger partial charge in [0.25, 0.3) is 0 Å². The Kier molecular flexibility index (Phi) is 4.26. The average molecular weight is 310 g/mol. The number of nitrogens with zero attached hydrogens (tertiary/aromatic N) is 1. The molecule has 0 atom stereocenters. The smallest absolute Gasteiger partial charge is 0.229 e. The molecule has 1 aliphatic rings. The third-order valence-electron chi connectivity index (χ3n) is 4.02. The molecule has 0 bridgehead atoms. The zero-order chi connectivity index (χ0) is 15.5. The summed E-state index contributed by atoms with van der Waals surface area (Å²) < 4.78 is 0. The van der Waals surface area contributed by atoms with Gasteiger partial charge in [-0.15, -0.1) is 11.3 Å². The van der Waals surface area contributed by atoms with E-state index in [0.717, 1.165) is 35.4 Å². The third kappa shape index (κ3) is 3.05. The van der Waals surface area contributed by atoms with Crippen LogP contribution in [0.25, 0.3) is 0 Å². The lowest BCUT2D eigenvalue weighted by atomic mass is 9.96. The summed E-state index contributed by atoms with van der Waals surface area (Å²) in [5, 5.41) is 13.1. The van der Waals surface area contributed by atoms with Gasteiger partial charge in [0.15, 0.2) is 0 Å². The molecule has 2 aromatic rings. The highest BCUT2D eigenvalue weighted by Gasteiger charge is 2.21. The number of amides is 1. The van der Waals surface area contributed by atoms with Gasteiger partial charge in [-0.05, 0) is 43.7 Å². The summed E-state index contributed by atoms with van der Waals surface area (Å²) in [6.07, 6.45) is 4.64. The van der Waals surface area contributed by atoms with Gasteiger partial charge in [0, 0.05) is 4.88 Å². The number of anilines is 1. The summed E-state index contributed by atoms with van der Waals surface area (Å²) in [6.45, 7) is 2.03. The largest absolute Gasteiger partial charge is 0.316 e. The van der Waals surface area contributed by atoms with Crippen molar-refractivity contribution in [2.45, 2.75) is 39.0 Å². The number of nitriles is 1. The number of rotatable bonds is 3. The van der Waals surface area contributed by atoms with Crippen LogP contribution >= 0.6 is 11.3 Å². The minimum Gasteiger partial charge on any atom is -0.316 e. The molecule has 3 nitrogen and oxygen atoms in total. The molecule has 1 heterocycles. The van der Waals surface area contributed by atoms with Crippen molar-refractivity contribution in [1.82, 2.24) is 0 Å². The Morgan fingerprint density at radius 3 is 2.73 bits per heavy atom. The van der Waals surface area contributed by atoms with Gasteiger partial charge in [0.2, 0.25) is 5.91 Å². The Hall–Kier alpha value is -2.12. The number of nitrogens with one attached hydrogen (secondary N) is 1. The number of carbonyl (C=O) groups excluding carboxylic acids is 1. The van der Waals surface area contributed by atoms with E-state index in [1.54, 1.807) is 11.3 Å². The first-order valence-corrected chi connectivity index (χ1v) is 8.39. The van der Waals surface area contributed by atoms with Crippen molar-refractivity contribution in [3.63, 3.8) is 0 Å². The maximum absolute atomic E-state index is 12.2. The minimum atomic E-state index is -0.0565. The van der Waals surface area contributed by atoms with Crippen molar-refractivity contribution >= 4 is 22.2 Å². The first kappa shape index (κ1) is 14.8. The van der Waals surface area contributed by atoms with Crippen LogP contribution in [0, 0.1) is 18.3 Å². The van der Waals surface area contributed by atoms with Gasteiger partial charge in [-0.25, -0.2) is 0 Å². The number of carbonyl (C=O) groups is 1. The fourth-order valence-electron chi connectivity index (χ4n) is 2.83. The minimum absolute atomic E-state index is 0.0565. The van der Waals surface area contributed by atoms with Gasteiger partial charge in [0.1, 0.15) is 11.1 Å². The van der Waals surface area contributed by atoms with Crippen LogP contribution < -0.4 is 5.32 Å².